The van der Waals surface area contributed by atoms with Gasteiger partial charge in [0, 0.05) is 6.07 Å². The standard InChI is InChI=1S/C18H16N2O7/c21-17(19-13-3-1-2-4-14(13)20(23)24)11-27-18(22)10-12-5-6-15-16(9-12)26-8-7-25-15/h1-6,9H,7-8,10-11H2,(H,19,21). The summed E-state index contributed by atoms with van der Waals surface area (Å²) >= 11 is 0. The third-order valence-electron chi connectivity index (χ3n) is 3.69. The Balaban J connectivity index is 1.52. The highest BCUT2D eigenvalue weighted by Gasteiger charge is 2.17. The molecule has 1 amide bonds. The molecule has 1 aliphatic rings. The van der Waals surface area contributed by atoms with E-state index >= 15 is 0 Å². The van der Waals surface area contributed by atoms with Crippen LogP contribution in [-0.4, -0.2) is 36.6 Å². The number of para-hydroxylation sites is 2. The fourth-order valence-electron chi connectivity index (χ4n) is 2.49. The number of fused-ring (bicyclic) bond motifs is 1. The van der Waals surface area contributed by atoms with E-state index in [9.17, 15) is 19.7 Å². The minimum absolute atomic E-state index is 0.0374. The average molecular weight is 372 g/mol. The minimum atomic E-state index is -0.667. The van der Waals surface area contributed by atoms with Crippen LogP contribution in [0.15, 0.2) is 42.5 Å². The first kappa shape index (κ1) is 18.2. The van der Waals surface area contributed by atoms with Gasteiger partial charge in [-0.05, 0) is 23.8 Å². The lowest BCUT2D eigenvalue weighted by Gasteiger charge is -2.18. The maximum Gasteiger partial charge on any atom is 0.310 e. The van der Waals surface area contributed by atoms with Gasteiger partial charge in [-0.25, -0.2) is 0 Å². The molecule has 1 heterocycles. The summed E-state index contributed by atoms with van der Waals surface area (Å²) in [7, 11) is 0. The molecule has 3 rings (SSSR count). The first-order valence-electron chi connectivity index (χ1n) is 8.10. The van der Waals surface area contributed by atoms with Crippen LogP contribution in [-0.2, 0) is 20.7 Å². The van der Waals surface area contributed by atoms with Gasteiger partial charge in [0.2, 0.25) is 0 Å². The Labute approximate surface area is 154 Å². The van der Waals surface area contributed by atoms with Crippen molar-refractivity contribution >= 4 is 23.3 Å². The monoisotopic (exact) mass is 372 g/mol. The summed E-state index contributed by atoms with van der Waals surface area (Å²) in [6, 6.07) is 10.8. The predicted octanol–water partition coefficient (Wildman–Crippen LogP) is 2.09. The van der Waals surface area contributed by atoms with Crippen LogP contribution in [0, 0.1) is 10.1 Å². The lowest BCUT2D eigenvalue weighted by molar-refractivity contribution is -0.383. The van der Waals surface area contributed by atoms with Gasteiger partial charge in [0.15, 0.2) is 18.1 Å². The lowest BCUT2D eigenvalue weighted by Crippen LogP contribution is -2.22. The molecule has 0 unspecified atom stereocenters. The van der Waals surface area contributed by atoms with Crippen molar-refractivity contribution in [2.45, 2.75) is 6.42 Å². The molecule has 0 spiro atoms. The highest BCUT2D eigenvalue weighted by molar-refractivity contribution is 5.94. The van der Waals surface area contributed by atoms with Gasteiger partial charge in [0.05, 0.1) is 11.3 Å². The molecule has 0 fully saturated rings. The normalized spacial score (nSPS) is 12.1. The van der Waals surface area contributed by atoms with E-state index in [2.05, 4.69) is 5.32 Å². The average Bonchev–Trinajstić information content (AvgIpc) is 2.66. The number of rotatable bonds is 6. The third-order valence-corrected chi connectivity index (χ3v) is 3.69. The van der Waals surface area contributed by atoms with Gasteiger partial charge in [-0.1, -0.05) is 18.2 Å². The number of anilines is 1. The molecule has 2 aromatic rings. The molecule has 0 aliphatic carbocycles. The summed E-state index contributed by atoms with van der Waals surface area (Å²) in [6.07, 6.45) is -0.0462. The number of benzene rings is 2. The number of nitro groups is 1. The summed E-state index contributed by atoms with van der Waals surface area (Å²) < 4.78 is 15.8. The molecule has 0 atom stereocenters. The second-order valence-corrected chi connectivity index (χ2v) is 5.64. The van der Waals surface area contributed by atoms with Gasteiger partial charge >= 0.3 is 5.97 Å². The Kier molecular flexibility index (Phi) is 5.50. The van der Waals surface area contributed by atoms with Crippen molar-refractivity contribution in [3.05, 3.63) is 58.1 Å². The van der Waals surface area contributed by atoms with E-state index in [0.29, 0.717) is 30.3 Å². The number of carbonyl (C=O) groups excluding carboxylic acids is 2. The molecule has 0 saturated carbocycles. The maximum atomic E-state index is 11.9. The van der Waals surface area contributed by atoms with E-state index in [1.807, 2.05) is 0 Å². The number of nitro benzene ring substituents is 1. The van der Waals surface area contributed by atoms with E-state index < -0.39 is 23.4 Å². The molecule has 0 aromatic heterocycles. The molecule has 9 heteroatoms. The molecule has 0 saturated heterocycles. The Bertz CT molecular complexity index is 882. The fourth-order valence-corrected chi connectivity index (χ4v) is 2.49. The number of hydrogen-bond acceptors (Lipinski definition) is 7. The Hall–Kier alpha value is -3.62. The zero-order chi connectivity index (χ0) is 19.2. The third kappa shape index (κ3) is 4.72. The van der Waals surface area contributed by atoms with Crippen LogP contribution in [0.4, 0.5) is 11.4 Å². The summed E-state index contributed by atoms with van der Waals surface area (Å²) in [5.41, 5.74) is 0.451. The summed E-state index contributed by atoms with van der Waals surface area (Å²) in [4.78, 5) is 34.1. The van der Waals surface area contributed by atoms with Gasteiger partial charge < -0.3 is 19.5 Å². The van der Waals surface area contributed by atoms with Gasteiger partial charge in [-0.15, -0.1) is 0 Å². The van der Waals surface area contributed by atoms with Gasteiger partial charge in [-0.2, -0.15) is 0 Å². The van der Waals surface area contributed by atoms with Crippen molar-refractivity contribution in [1.82, 2.24) is 0 Å². The molecule has 0 radical (unpaired) electrons. The number of amides is 1. The molecule has 2 aromatic carbocycles. The SMILES string of the molecule is O=C(COC(=O)Cc1ccc2c(c1)OCCO2)Nc1ccccc1[N+](=O)[O-]. The first-order valence-corrected chi connectivity index (χ1v) is 8.10. The molecule has 9 nitrogen and oxygen atoms in total. The second-order valence-electron chi connectivity index (χ2n) is 5.64. The van der Waals surface area contributed by atoms with Gasteiger partial charge in [0.25, 0.3) is 11.6 Å². The zero-order valence-electron chi connectivity index (χ0n) is 14.2. The van der Waals surface area contributed by atoms with Crippen molar-refractivity contribution in [2.75, 3.05) is 25.1 Å². The van der Waals surface area contributed by atoms with Crippen LogP contribution in [0.3, 0.4) is 0 Å². The number of nitrogens with one attached hydrogen (secondary N) is 1. The summed E-state index contributed by atoms with van der Waals surface area (Å²) in [5.74, 6) is -0.105. The van der Waals surface area contributed by atoms with E-state index in [0.717, 1.165) is 0 Å². The quantitative estimate of drug-likeness (QED) is 0.469. The van der Waals surface area contributed by atoms with Crippen molar-refractivity contribution in [3.63, 3.8) is 0 Å². The predicted molar refractivity (Wildman–Crippen MR) is 93.8 cm³/mol. The van der Waals surface area contributed by atoms with Crippen LogP contribution < -0.4 is 14.8 Å². The molecule has 27 heavy (non-hydrogen) atoms. The topological polar surface area (TPSA) is 117 Å². The van der Waals surface area contributed by atoms with Crippen LogP contribution in [0.5, 0.6) is 11.5 Å². The summed E-state index contributed by atoms with van der Waals surface area (Å²) in [6.45, 7) is 0.366. The molecular weight excluding hydrogens is 356 g/mol. The maximum absolute atomic E-state index is 11.9. The fraction of sp³-hybridized carbons (Fsp3) is 0.222. The van der Waals surface area contributed by atoms with Gasteiger partial charge in [0.1, 0.15) is 18.9 Å². The van der Waals surface area contributed by atoms with Crippen molar-refractivity contribution in [2.24, 2.45) is 0 Å². The number of carbonyl (C=O) groups is 2. The first-order chi connectivity index (χ1) is 13.0. The molecule has 0 bridgehead atoms. The lowest BCUT2D eigenvalue weighted by atomic mass is 10.1. The van der Waals surface area contributed by atoms with Crippen LogP contribution in [0.25, 0.3) is 0 Å². The molecular formula is C18H16N2O7. The van der Waals surface area contributed by atoms with Gasteiger partial charge in [-0.3, -0.25) is 19.7 Å². The molecule has 140 valence electrons. The number of nitrogens with zero attached hydrogens (tertiary/aromatic N) is 1. The Morgan fingerprint density at radius 1 is 1.11 bits per heavy atom. The van der Waals surface area contributed by atoms with Crippen LogP contribution in [0.1, 0.15) is 5.56 Å². The molecule has 1 aliphatic heterocycles. The van der Waals surface area contributed by atoms with Crippen molar-refractivity contribution < 1.29 is 28.7 Å². The number of ether oxygens (including phenoxy) is 3. The largest absolute Gasteiger partial charge is 0.486 e. The zero-order valence-corrected chi connectivity index (χ0v) is 14.2. The van der Waals surface area contributed by atoms with Crippen molar-refractivity contribution in [3.8, 4) is 11.5 Å². The minimum Gasteiger partial charge on any atom is -0.486 e. The summed E-state index contributed by atoms with van der Waals surface area (Å²) in [5, 5.41) is 13.3. The Morgan fingerprint density at radius 2 is 1.85 bits per heavy atom. The van der Waals surface area contributed by atoms with E-state index in [-0.39, 0.29) is 17.8 Å². The second kappa shape index (κ2) is 8.17. The van der Waals surface area contributed by atoms with Crippen LogP contribution in [0.2, 0.25) is 0 Å². The highest BCUT2D eigenvalue weighted by Crippen LogP contribution is 2.30. The van der Waals surface area contributed by atoms with E-state index in [1.165, 1.54) is 18.2 Å². The van der Waals surface area contributed by atoms with Crippen LogP contribution >= 0.6 is 0 Å². The molecule has 1 N–H and O–H groups in total. The van der Waals surface area contributed by atoms with E-state index in [1.54, 1.807) is 24.3 Å². The number of esters is 1. The highest BCUT2D eigenvalue weighted by atomic mass is 16.6. The van der Waals surface area contributed by atoms with E-state index in [4.69, 9.17) is 14.2 Å². The smallest absolute Gasteiger partial charge is 0.310 e. The van der Waals surface area contributed by atoms with Crippen molar-refractivity contribution in [1.29, 1.82) is 0 Å². The number of hydrogen-bond donors (Lipinski definition) is 1. The Morgan fingerprint density at radius 3 is 2.63 bits per heavy atom.